The highest BCUT2D eigenvalue weighted by molar-refractivity contribution is 5.75. The molecule has 0 saturated carbocycles. The number of H-pyrrole nitrogens is 2. The smallest absolute Gasteiger partial charge is 0.327 e. The number of unbranched alkanes of at least 4 members (excludes halogenated alkanes) is 4. The van der Waals surface area contributed by atoms with Crippen LogP contribution in [-0.2, 0) is 14.3 Å². The van der Waals surface area contributed by atoms with Crippen molar-refractivity contribution in [3.05, 3.63) is 26.9 Å². The van der Waals surface area contributed by atoms with Gasteiger partial charge in [0, 0.05) is 32.0 Å². The van der Waals surface area contributed by atoms with E-state index in [0.717, 1.165) is 38.5 Å². The Balaban J connectivity index is 1.96. The Kier molecular flexibility index (Phi) is 11.3. The molecule has 1 aromatic rings. The van der Waals surface area contributed by atoms with Crippen molar-refractivity contribution in [2.45, 2.75) is 58.3 Å². The van der Waals surface area contributed by atoms with E-state index in [-0.39, 0.29) is 11.9 Å². The minimum absolute atomic E-state index is 0.0345. The summed E-state index contributed by atoms with van der Waals surface area (Å²) in [5.41, 5.74) is -0.985. The Morgan fingerprint density at radius 3 is 2.37 bits per heavy atom. The van der Waals surface area contributed by atoms with Crippen LogP contribution in [-0.4, -0.2) is 41.5 Å². The molecule has 0 atom stereocenters. The fraction of sp³-hybridized carbons (Fsp3) is 0.667. The highest BCUT2D eigenvalue weighted by Crippen LogP contribution is 2.03. The number of aromatic nitrogens is 2. The number of esters is 1. The lowest BCUT2D eigenvalue weighted by atomic mass is 10.1. The van der Waals surface area contributed by atoms with Gasteiger partial charge in [-0.3, -0.25) is 24.4 Å². The lowest BCUT2D eigenvalue weighted by molar-refractivity contribution is -0.143. The summed E-state index contributed by atoms with van der Waals surface area (Å²) >= 11 is 0. The second-order valence-electron chi connectivity index (χ2n) is 6.20. The molecule has 0 aliphatic heterocycles. The number of carbonyl (C=O) groups is 2. The fourth-order valence-electron chi connectivity index (χ4n) is 2.49. The number of carbonyl (C=O) groups excluding carboxylic acids is 2. The molecule has 1 amide bonds. The Morgan fingerprint density at radius 1 is 0.963 bits per heavy atom. The van der Waals surface area contributed by atoms with Crippen molar-refractivity contribution in [2.75, 3.05) is 25.0 Å². The van der Waals surface area contributed by atoms with Crippen LogP contribution in [0.15, 0.2) is 15.7 Å². The van der Waals surface area contributed by atoms with E-state index in [1.165, 1.54) is 6.07 Å². The van der Waals surface area contributed by atoms with Crippen LogP contribution in [0.2, 0.25) is 0 Å². The van der Waals surface area contributed by atoms with Gasteiger partial charge in [0.25, 0.3) is 5.56 Å². The van der Waals surface area contributed by atoms with Crippen LogP contribution in [0.3, 0.4) is 0 Å². The van der Waals surface area contributed by atoms with Gasteiger partial charge in [-0.15, -0.1) is 0 Å². The number of hydrogen-bond acceptors (Lipinski definition) is 6. The average Bonchev–Trinajstić information content (AvgIpc) is 2.60. The topological polar surface area (TPSA) is 133 Å². The summed E-state index contributed by atoms with van der Waals surface area (Å²) < 4.78 is 4.85. The normalized spacial score (nSPS) is 10.4. The summed E-state index contributed by atoms with van der Waals surface area (Å²) in [7, 11) is 0. The largest absolute Gasteiger partial charge is 0.466 e. The van der Waals surface area contributed by atoms with Gasteiger partial charge in [0.2, 0.25) is 5.91 Å². The molecule has 0 aromatic carbocycles. The van der Waals surface area contributed by atoms with E-state index in [4.69, 9.17) is 4.74 Å². The molecule has 1 heterocycles. The number of aromatic amines is 2. The van der Waals surface area contributed by atoms with Gasteiger partial charge in [-0.2, -0.15) is 0 Å². The first-order valence-electron chi connectivity index (χ1n) is 9.51. The standard InChI is InChI=1S/C18H30N4O5/c1-2-27-17(25)10-6-4-8-12-20-15(23)9-5-3-7-11-19-14-13-16(24)22-18(26)21-14/h13H,2-12H2,1H3,(H,20,23)(H3,19,21,22,24,26). The summed E-state index contributed by atoms with van der Waals surface area (Å²) in [6, 6.07) is 1.29. The number of anilines is 1. The summed E-state index contributed by atoms with van der Waals surface area (Å²) in [5, 5.41) is 5.85. The zero-order chi connectivity index (χ0) is 19.9. The Bertz CT molecular complexity index is 655. The van der Waals surface area contributed by atoms with Crippen LogP contribution in [0.4, 0.5) is 5.82 Å². The van der Waals surface area contributed by atoms with Crippen LogP contribution < -0.4 is 21.9 Å². The molecular weight excluding hydrogens is 352 g/mol. The van der Waals surface area contributed by atoms with Crippen molar-refractivity contribution in [3.63, 3.8) is 0 Å². The molecule has 0 fully saturated rings. The van der Waals surface area contributed by atoms with Crippen molar-refractivity contribution in [1.82, 2.24) is 15.3 Å². The SMILES string of the molecule is CCOC(=O)CCCCCNC(=O)CCCCCNc1cc(=O)[nH]c(=O)[nH]1. The maximum atomic E-state index is 11.7. The monoisotopic (exact) mass is 382 g/mol. The number of nitrogens with one attached hydrogen (secondary N) is 4. The van der Waals surface area contributed by atoms with Crippen molar-refractivity contribution in [1.29, 1.82) is 0 Å². The Hall–Kier alpha value is -2.58. The minimum Gasteiger partial charge on any atom is -0.466 e. The Morgan fingerprint density at radius 2 is 1.67 bits per heavy atom. The quantitative estimate of drug-likeness (QED) is 0.283. The van der Waals surface area contributed by atoms with Crippen molar-refractivity contribution < 1.29 is 14.3 Å². The molecule has 0 spiro atoms. The molecule has 0 bridgehead atoms. The first kappa shape index (κ1) is 22.5. The molecule has 0 aliphatic rings. The summed E-state index contributed by atoms with van der Waals surface area (Å²) in [4.78, 5) is 49.7. The first-order chi connectivity index (χ1) is 13.0. The third-order valence-corrected chi connectivity index (χ3v) is 3.84. The second-order valence-corrected chi connectivity index (χ2v) is 6.20. The van der Waals surface area contributed by atoms with Crippen LogP contribution >= 0.6 is 0 Å². The molecule has 0 saturated heterocycles. The lowest BCUT2D eigenvalue weighted by Gasteiger charge is -2.07. The van der Waals surface area contributed by atoms with Crippen molar-refractivity contribution >= 4 is 17.7 Å². The predicted octanol–water partition coefficient (Wildman–Crippen LogP) is 1.28. The molecule has 1 rings (SSSR count). The molecule has 27 heavy (non-hydrogen) atoms. The van der Waals surface area contributed by atoms with Gasteiger partial charge in [0.15, 0.2) is 0 Å². The molecule has 152 valence electrons. The molecule has 4 N–H and O–H groups in total. The molecule has 0 aliphatic carbocycles. The Labute approximate surface area is 158 Å². The van der Waals surface area contributed by atoms with Gasteiger partial charge in [-0.05, 0) is 32.6 Å². The molecule has 9 heteroatoms. The third-order valence-electron chi connectivity index (χ3n) is 3.84. The van der Waals surface area contributed by atoms with E-state index in [2.05, 4.69) is 20.6 Å². The van der Waals surface area contributed by atoms with E-state index in [0.29, 0.717) is 38.4 Å². The maximum absolute atomic E-state index is 11.7. The zero-order valence-electron chi connectivity index (χ0n) is 15.9. The van der Waals surface area contributed by atoms with Crippen LogP contribution in [0.1, 0.15) is 58.3 Å². The van der Waals surface area contributed by atoms with Gasteiger partial charge in [0.1, 0.15) is 5.82 Å². The minimum atomic E-state index is -0.539. The second kappa shape index (κ2) is 13.6. The lowest BCUT2D eigenvalue weighted by Crippen LogP contribution is -2.24. The van der Waals surface area contributed by atoms with Gasteiger partial charge < -0.3 is 15.4 Å². The number of ether oxygens (including phenoxy) is 1. The van der Waals surface area contributed by atoms with Crippen LogP contribution in [0.5, 0.6) is 0 Å². The molecule has 0 unspecified atom stereocenters. The van der Waals surface area contributed by atoms with Gasteiger partial charge in [0.05, 0.1) is 6.61 Å². The van der Waals surface area contributed by atoms with Gasteiger partial charge in [-0.1, -0.05) is 12.8 Å². The number of rotatable bonds is 14. The predicted molar refractivity (Wildman–Crippen MR) is 103 cm³/mol. The third kappa shape index (κ3) is 11.6. The number of hydrogen-bond donors (Lipinski definition) is 4. The summed E-state index contributed by atoms with van der Waals surface area (Å²) in [6.07, 6.45) is 5.90. The van der Waals surface area contributed by atoms with E-state index in [1.807, 2.05) is 0 Å². The molecule has 0 radical (unpaired) electrons. The van der Waals surface area contributed by atoms with Gasteiger partial charge >= 0.3 is 11.7 Å². The fourth-order valence-corrected chi connectivity index (χ4v) is 2.49. The highest BCUT2D eigenvalue weighted by Gasteiger charge is 2.03. The molecular formula is C18H30N4O5. The summed E-state index contributed by atoms with van der Waals surface area (Å²) in [5.74, 6) is 0.262. The average molecular weight is 382 g/mol. The maximum Gasteiger partial charge on any atom is 0.327 e. The van der Waals surface area contributed by atoms with Crippen molar-refractivity contribution in [2.24, 2.45) is 0 Å². The molecule has 1 aromatic heterocycles. The number of amides is 1. The zero-order valence-corrected chi connectivity index (χ0v) is 15.9. The summed E-state index contributed by atoms with van der Waals surface area (Å²) in [6.45, 7) is 3.44. The highest BCUT2D eigenvalue weighted by atomic mass is 16.5. The first-order valence-corrected chi connectivity index (χ1v) is 9.51. The van der Waals surface area contributed by atoms with E-state index in [9.17, 15) is 19.2 Å². The van der Waals surface area contributed by atoms with E-state index in [1.54, 1.807) is 6.92 Å². The van der Waals surface area contributed by atoms with E-state index >= 15 is 0 Å². The van der Waals surface area contributed by atoms with E-state index < -0.39 is 11.2 Å². The molecule has 9 nitrogen and oxygen atoms in total. The van der Waals surface area contributed by atoms with Crippen LogP contribution in [0, 0.1) is 0 Å². The van der Waals surface area contributed by atoms with Gasteiger partial charge in [-0.25, -0.2) is 4.79 Å². The van der Waals surface area contributed by atoms with Crippen molar-refractivity contribution in [3.8, 4) is 0 Å². The van der Waals surface area contributed by atoms with Crippen LogP contribution in [0.25, 0.3) is 0 Å².